The lowest BCUT2D eigenvalue weighted by atomic mass is 9.67. The van der Waals surface area contributed by atoms with Gasteiger partial charge in [0.1, 0.15) is 18.6 Å². The van der Waals surface area contributed by atoms with Gasteiger partial charge in [-0.1, -0.05) is 39.0 Å². The molecule has 1 spiro atoms. The number of hydrogen-bond donors (Lipinski definition) is 1. The van der Waals surface area contributed by atoms with E-state index < -0.39 is 42.5 Å². The predicted octanol–water partition coefficient (Wildman–Crippen LogP) is 2.61. The summed E-state index contributed by atoms with van der Waals surface area (Å²) < 4.78 is 5.04. The molecule has 4 amide bonds. The average molecular weight is 455 g/mol. The predicted molar refractivity (Wildman–Crippen MR) is 120 cm³/mol. The lowest BCUT2D eigenvalue weighted by Gasteiger charge is -2.40. The molecule has 9 heteroatoms. The summed E-state index contributed by atoms with van der Waals surface area (Å²) in [7, 11) is 0. The fourth-order valence-electron chi connectivity index (χ4n) is 4.53. The number of hydrogen-bond acceptors (Lipinski definition) is 6. The maximum absolute atomic E-state index is 13.0. The van der Waals surface area contributed by atoms with Crippen LogP contribution in [0.1, 0.15) is 46.5 Å². The van der Waals surface area contributed by atoms with Crippen molar-refractivity contribution in [1.82, 2.24) is 10.2 Å². The smallest absolute Gasteiger partial charge is 0.326 e. The van der Waals surface area contributed by atoms with Crippen LogP contribution in [-0.4, -0.2) is 54.0 Å². The van der Waals surface area contributed by atoms with Crippen molar-refractivity contribution in [2.45, 2.75) is 52.0 Å². The molecule has 3 rings (SSSR count). The molecule has 1 heterocycles. The zero-order valence-corrected chi connectivity index (χ0v) is 19.3. The minimum atomic E-state index is -0.966. The second kappa shape index (κ2) is 9.61. The van der Waals surface area contributed by atoms with Crippen LogP contribution in [0.3, 0.4) is 0 Å². The van der Waals surface area contributed by atoms with Gasteiger partial charge in [0.2, 0.25) is 0 Å². The van der Waals surface area contributed by atoms with Gasteiger partial charge in [-0.15, -0.1) is 0 Å². The molecule has 9 nitrogen and oxygen atoms in total. The van der Waals surface area contributed by atoms with Crippen molar-refractivity contribution in [2.24, 2.45) is 11.3 Å². The molecule has 1 aromatic carbocycles. The maximum Gasteiger partial charge on any atom is 0.326 e. The first kappa shape index (κ1) is 24.2. The Morgan fingerprint density at radius 3 is 2.42 bits per heavy atom. The van der Waals surface area contributed by atoms with Crippen LogP contribution in [0.15, 0.2) is 30.3 Å². The largest absolute Gasteiger partial charge is 0.454 e. The van der Waals surface area contributed by atoms with E-state index in [-0.39, 0.29) is 12.0 Å². The first-order valence-electron chi connectivity index (χ1n) is 11.1. The lowest BCUT2D eigenvalue weighted by molar-refractivity contribution is -0.150. The molecule has 2 fully saturated rings. The quantitative estimate of drug-likeness (QED) is 0.401. The summed E-state index contributed by atoms with van der Waals surface area (Å²) in [5.74, 6) is -1.40. The Bertz CT molecular complexity index is 955. The number of nitrogens with zero attached hydrogens (tertiary/aromatic N) is 3. The number of urea groups is 1. The number of amides is 4. The highest BCUT2D eigenvalue weighted by molar-refractivity contribution is 6.08. The number of imide groups is 1. The van der Waals surface area contributed by atoms with Crippen LogP contribution in [-0.2, 0) is 19.1 Å². The third-order valence-corrected chi connectivity index (χ3v) is 6.55. The van der Waals surface area contributed by atoms with E-state index in [1.165, 1.54) is 4.90 Å². The van der Waals surface area contributed by atoms with Crippen molar-refractivity contribution in [1.29, 1.82) is 5.26 Å². The van der Waals surface area contributed by atoms with Crippen molar-refractivity contribution >= 4 is 29.5 Å². The Morgan fingerprint density at radius 1 is 1.21 bits per heavy atom. The van der Waals surface area contributed by atoms with Gasteiger partial charge in [0, 0.05) is 5.69 Å². The monoisotopic (exact) mass is 454 g/mol. The van der Waals surface area contributed by atoms with Crippen LogP contribution < -0.4 is 10.2 Å². The van der Waals surface area contributed by atoms with Crippen LogP contribution in [0.25, 0.3) is 0 Å². The fourth-order valence-corrected chi connectivity index (χ4v) is 4.53. The summed E-state index contributed by atoms with van der Waals surface area (Å²) in [6.07, 6.45) is 2.69. The molecule has 33 heavy (non-hydrogen) atoms. The molecule has 1 saturated heterocycles. The molecule has 2 aliphatic rings. The third-order valence-electron chi connectivity index (χ3n) is 6.55. The number of para-hydroxylation sites is 1. The van der Waals surface area contributed by atoms with Gasteiger partial charge in [-0.2, -0.15) is 5.26 Å². The maximum atomic E-state index is 13.0. The molecule has 0 unspecified atom stereocenters. The Kier molecular flexibility index (Phi) is 7.06. The summed E-state index contributed by atoms with van der Waals surface area (Å²) in [5, 5.41) is 11.8. The molecule has 0 atom stereocenters. The van der Waals surface area contributed by atoms with Gasteiger partial charge in [0.25, 0.3) is 11.8 Å². The van der Waals surface area contributed by atoms with E-state index in [9.17, 15) is 19.2 Å². The van der Waals surface area contributed by atoms with Crippen molar-refractivity contribution in [3.05, 3.63) is 30.3 Å². The molecule has 176 valence electrons. The molecule has 1 aromatic rings. The second-order valence-electron chi connectivity index (χ2n) is 9.68. The standard InChI is InChI=1S/C24H30N4O5/c1-23(2,3)17-9-11-24(12-10-17)21(31)28(22(32)26-24)15-20(30)33-16-19(29)27(14-13-25)18-7-5-4-6-8-18/h4-8,17H,9-12,14-16H2,1-3H3,(H,26,32). The van der Waals surface area contributed by atoms with Crippen molar-refractivity contribution in [2.75, 3.05) is 24.6 Å². The minimum Gasteiger partial charge on any atom is -0.454 e. The molecule has 1 saturated carbocycles. The zero-order chi connectivity index (χ0) is 24.2. The SMILES string of the molecule is CC(C)(C)C1CCC2(CC1)NC(=O)N(CC(=O)OCC(=O)N(CC#N)c1ccccc1)C2=O. The van der Waals surface area contributed by atoms with Gasteiger partial charge in [-0.25, -0.2) is 4.79 Å². The van der Waals surface area contributed by atoms with Crippen LogP contribution in [0, 0.1) is 22.7 Å². The third kappa shape index (κ3) is 5.33. The van der Waals surface area contributed by atoms with E-state index in [4.69, 9.17) is 10.00 Å². The minimum absolute atomic E-state index is 0.127. The molecule has 1 N–H and O–H groups in total. The summed E-state index contributed by atoms with van der Waals surface area (Å²) in [5.41, 5.74) is -0.337. The van der Waals surface area contributed by atoms with Gasteiger partial charge < -0.3 is 10.1 Å². The number of carbonyl (C=O) groups excluding carboxylic acids is 4. The molecular formula is C24H30N4O5. The van der Waals surface area contributed by atoms with Crippen molar-refractivity contribution in [3.8, 4) is 6.07 Å². The summed E-state index contributed by atoms with van der Waals surface area (Å²) in [4.78, 5) is 52.4. The van der Waals surface area contributed by atoms with Crippen molar-refractivity contribution < 1.29 is 23.9 Å². The van der Waals surface area contributed by atoms with E-state index in [0.717, 1.165) is 17.7 Å². The van der Waals surface area contributed by atoms with Crippen molar-refractivity contribution in [3.63, 3.8) is 0 Å². The zero-order valence-electron chi connectivity index (χ0n) is 19.3. The van der Waals surface area contributed by atoms with Gasteiger partial charge in [-0.05, 0) is 49.1 Å². The van der Waals surface area contributed by atoms with E-state index in [1.807, 2.05) is 6.07 Å². The Hall–Kier alpha value is -3.41. The number of ether oxygens (including phenoxy) is 1. The number of nitrogens with one attached hydrogen (secondary N) is 1. The molecule has 0 bridgehead atoms. The Labute approximate surface area is 193 Å². The van der Waals surface area contributed by atoms with Crippen LogP contribution in [0.4, 0.5) is 10.5 Å². The summed E-state index contributed by atoms with van der Waals surface area (Å²) >= 11 is 0. The normalized spacial score (nSPS) is 22.6. The molecule has 0 radical (unpaired) electrons. The number of nitriles is 1. The van der Waals surface area contributed by atoms with Gasteiger partial charge in [0.05, 0.1) is 6.07 Å². The summed E-state index contributed by atoms with van der Waals surface area (Å²) in [6.45, 7) is 5.15. The fraction of sp³-hybridized carbons (Fsp3) is 0.542. The van der Waals surface area contributed by atoms with Gasteiger partial charge in [0.15, 0.2) is 6.61 Å². The van der Waals surface area contributed by atoms with E-state index >= 15 is 0 Å². The van der Waals surface area contributed by atoms with E-state index in [0.29, 0.717) is 24.4 Å². The van der Waals surface area contributed by atoms with E-state index in [2.05, 4.69) is 26.1 Å². The number of anilines is 1. The number of benzene rings is 1. The highest BCUT2D eigenvalue weighted by Crippen LogP contribution is 2.43. The van der Waals surface area contributed by atoms with Crippen LogP contribution in [0.2, 0.25) is 0 Å². The average Bonchev–Trinajstić information content (AvgIpc) is 3.00. The number of esters is 1. The highest BCUT2D eigenvalue weighted by Gasteiger charge is 2.53. The van der Waals surface area contributed by atoms with Gasteiger partial charge >= 0.3 is 12.0 Å². The Balaban J connectivity index is 1.56. The Morgan fingerprint density at radius 2 is 1.85 bits per heavy atom. The number of rotatable bonds is 6. The van der Waals surface area contributed by atoms with Crippen LogP contribution in [0.5, 0.6) is 0 Å². The van der Waals surface area contributed by atoms with Crippen LogP contribution >= 0.6 is 0 Å². The van der Waals surface area contributed by atoms with Gasteiger partial charge in [-0.3, -0.25) is 24.2 Å². The molecule has 1 aliphatic carbocycles. The van der Waals surface area contributed by atoms with E-state index in [1.54, 1.807) is 30.3 Å². The molecular weight excluding hydrogens is 424 g/mol. The number of carbonyl (C=O) groups is 4. The first-order valence-corrected chi connectivity index (χ1v) is 11.1. The topological polar surface area (TPSA) is 120 Å². The lowest BCUT2D eigenvalue weighted by Crippen LogP contribution is -2.50. The molecule has 0 aromatic heterocycles. The summed E-state index contributed by atoms with van der Waals surface area (Å²) in [6, 6.07) is 9.85. The molecule has 1 aliphatic heterocycles. The second-order valence-corrected chi connectivity index (χ2v) is 9.68. The highest BCUT2D eigenvalue weighted by atomic mass is 16.5. The first-order chi connectivity index (χ1) is 15.6.